The second-order valence-corrected chi connectivity index (χ2v) is 5.21. The predicted molar refractivity (Wildman–Crippen MR) is 65.1 cm³/mol. The van der Waals surface area contributed by atoms with Gasteiger partial charge in [0.1, 0.15) is 5.82 Å². The fourth-order valence-electron chi connectivity index (χ4n) is 1.17. The van der Waals surface area contributed by atoms with Crippen molar-refractivity contribution in [1.29, 1.82) is 0 Å². The summed E-state index contributed by atoms with van der Waals surface area (Å²) in [6, 6.07) is 2.83. The van der Waals surface area contributed by atoms with Crippen molar-refractivity contribution < 1.29 is 22.4 Å². The van der Waals surface area contributed by atoms with E-state index in [0.29, 0.717) is 6.07 Å². The zero-order valence-electron chi connectivity index (χ0n) is 9.94. The molecule has 4 N–H and O–H groups in total. The topological polar surface area (TPSA) is 118 Å². The molecule has 0 bridgehead atoms. The third-order valence-corrected chi connectivity index (χ3v) is 2.95. The molecule has 0 aliphatic rings. The Morgan fingerprint density at radius 2 is 2.00 bits per heavy atom. The Labute approximate surface area is 109 Å². The van der Waals surface area contributed by atoms with Crippen molar-refractivity contribution in [2.24, 2.45) is 5.14 Å². The van der Waals surface area contributed by atoms with Gasteiger partial charge in [0, 0.05) is 6.92 Å². The van der Waals surface area contributed by atoms with Gasteiger partial charge < -0.3 is 10.6 Å². The van der Waals surface area contributed by atoms with Crippen LogP contribution in [0.2, 0.25) is 0 Å². The van der Waals surface area contributed by atoms with E-state index in [2.05, 4.69) is 10.6 Å². The summed E-state index contributed by atoms with van der Waals surface area (Å²) in [5.41, 5.74) is -0.206. The van der Waals surface area contributed by atoms with Crippen LogP contribution < -0.4 is 15.8 Å². The van der Waals surface area contributed by atoms with E-state index in [-0.39, 0.29) is 12.2 Å². The number of sulfonamides is 1. The summed E-state index contributed by atoms with van der Waals surface area (Å²) in [4.78, 5) is 21.5. The maximum atomic E-state index is 13.5. The molecule has 0 heterocycles. The molecule has 0 saturated carbocycles. The van der Waals surface area contributed by atoms with Crippen molar-refractivity contribution in [2.75, 3.05) is 11.9 Å². The summed E-state index contributed by atoms with van der Waals surface area (Å²) in [5.74, 6) is -1.99. The molecule has 1 aromatic carbocycles. The summed E-state index contributed by atoms with van der Waals surface area (Å²) in [6.45, 7) is 0.917. The summed E-state index contributed by atoms with van der Waals surface area (Å²) >= 11 is 0. The van der Waals surface area contributed by atoms with Gasteiger partial charge in [0.05, 0.1) is 17.1 Å². The highest BCUT2D eigenvalue weighted by Crippen LogP contribution is 2.17. The van der Waals surface area contributed by atoms with Crippen molar-refractivity contribution >= 4 is 27.5 Å². The van der Waals surface area contributed by atoms with Crippen LogP contribution in [-0.2, 0) is 19.6 Å². The molecule has 0 aromatic heterocycles. The Kier molecular flexibility index (Phi) is 4.57. The highest BCUT2D eigenvalue weighted by Gasteiger charge is 2.13. The summed E-state index contributed by atoms with van der Waals surface area (Å²) in [5, 5.41) is 9.24. The quantitative estimate of drug-likeness (QED) is 0.695. The summed E-state index contributed by atoms with van der Waals surface area (Å²) < 4.78 is 35.5. The van der Waals surface area contributed by atoms with Crippen LogP contribution in [0.1, 0.15) is 6.92 Å². The van der Waals surface area contributed by atoms with E-state index in [4.69, 9.17) is 5.14 Å². The molecule has 0 spiro atoms. The second-order valence-electron chi connectivity index (χ2n) is 3.64. The van der Waals surface area contributed by atoms with Gasteiger partial charge in [-0.1, -0.05) is 0 Å². The Bertz CT molecular complexity index is 615. The van der Waals surface area contributed by atoms with Gasteiger partial charge in [-0.3, -0.25) is 9.59 Å². The lowest BCUT2D eigenvalue weighted by Crippen LogP contribution is -2.31. The van der Waals surface area contributed by atoms with Crippen molar-refractivity contribution in [3.63, 3.8) is 0 Å². The van der Waals surface area contributed by atoms with Gasteiger partial charge in [0.15, 0.2) is 0 Å². The molecule has 0 aliphatic heterocycles. The molecule has 0 fully saturated rings. The minimum absolute atomic E-state index is 0.206. The first kappa shape index (κ1) is 15.1. The van der Waals surface area contributed by atoms with Crippen molar-refractivity contribution in [1.82, 2.24) is 5.32 Å². The molecule has 0 radical (unpaired) electrons. The van der Waals surface area contributed by atoms with Crippen LogP contribution in [0, 0.1) is 5.82 Å². The van der Waals surface area contributed by atoms with E-state index in [9.17, 15) is 22.4 Å². The third kappa shape index (κ3) is 4.64. The second kappa shape index (κ2) is 5.76. The molecule has 1 rings (SSSR count). The number of hydrogen-bond donors (Lipinski definition) is 3. The maximum absolute atomic E-state index is 13.5. The van der Waals surface area contributed by atoms with Crippen LogP contribution >= 0.6 is 0 Å². The van der Waals surface area contributed by atoms with Gasteiger partial charge in [-0.2, -0.15) is 0 Å². The largest absolute Gasteiger partial charge is 0.347 e. The van der Waals surface area contributed by atoms with E-state index in [1.807, 2.05) is 0 Å². The lowest BCUT2D eigenvalue weighted by molar-refractivity contribution is -0.122. The first-order chi connectivity index (χ1) is 8.70. The fraction of sp³-hybridized carbons (Fsp3) is 0.200. The number of nitrogens with one attached hydrogen (secondary N) is 2. The van der Waals surface area contributed by atoms with E-state index in [1.165, 1.54) is 6.92 Å². The molecule has 0 saturated heterocycles. The molecular weight excluding hydrogens is 277 g/mol. The van der Waals surface area contributed by atoms with Gasteiger partial charge in [-0.15, -0.1) is 0 Å². The number of benzene rings is 1. The first-order valence-corrected chi connectivity index (χ1v) is 6.61. The van der Waals surface area contributed by atoms with Gasteiger partial charge in [-0.25, -0.2) is 17.9 Å². The normalized spacial score (nSPS) is 10.9. The Morgan fingerprint density at radius 3 is 2.47 bits per heavy atom. The maximum Gasteiger partial charge on any atom is 0.243 e. The lowest BCUT2D eigenvalue weighted by Gasteiger charge is -2.07. The van der Waals surface area contributed by atoms with Crippen LogP contribution in [0.25, 0.3) is 0 Å². The van der Waals surface area contributed by atoms with Crippen molar-refractivity contribution in [3.05, 3.63) is 24.0 Å². The molecule has 104 valence electrons. The van der Waals surface area contributed by atoms with E-state index < -0.39 is 32.6 Å². The number of nitrogens with two attached hydrogens (primary N) is 1. The molecule has 0 aliphatic carbocycles. The number of rotatable bonds is 4. The van der Waals surface area contributed by atoms with Crippen LogP contribution in [0.3, 0.4) is 0 Å². The number of amides is 2. The van der Waals surface area contributed by atoms with Gasteiger partial charge in [0.25, 0.3) is 0 Å². The number of primary sulfonamides is 1. The standard InChI is InChI=1S/C10H12FN3O4S/c1-6(15)13-5-10(16)14-9-3-2-7(4-8(9)11)19(12,17)18/h2-4H,5H2,1H3,(H,13,15)(H,14,16)(H2,12,17,18). The van der Waals surface area contributed by atoms with Crippen LogP contribution in [0.15, 0.2) is 23.1 Å². The molecule has 0 unspecified atom stereocenters. The summed E-state index contributed by atoms with van der Waals surface area (Å²) in [7, 11) is -4.00. The average Bonchev–Trinajstić information content (AvgIpc) is 2.27. The van der Waals surface area contributed by atoms with Crippen molar-refractivity contribution in [3.8, 4) is 0 Å². The van der Waals surface area contributed by atoms with Crippen LogP contribution in [0.5, 0.6) is 0 Å². The molecule has 2 amide bonds. The third-order valence-electron chi connectivity index (χ3n) is 2.04. The van der Waals surface area contributed by atoms with E-state index in [1.54, 1.807) is 0 Å². The molecule has 19 heavy (non-hydrogen) atoms. The number of carbonyl (C=O) groups excluding carboxylic acids is 2. The molecular formula is C10H12FN3O4S. The highest BCUT2D eigenvalue weighted by molar-refractivity contribution is 7.89. The zero-order valence-corrected chi connectivity index (χ0v) is 10.8. The monoisotopic (exact) mass is 289 g/mol. The van der Waals surface area contributed by atoms with Gasteiger partial charge in [0.2, 0.25) is 21.8 Å². The van der Waals surface area contributed by atoms with Crippen molar-refractivity contribution in [2.45, 2.75) is 11.8 Å². The highest BCUT2D eigenvalue weighted by atomic mass is 32.2. The molecule has 1 aromatic rings. The van der Waals surface area contributed by atoms with E-state index >= 15 is 0 Å². The average molecular weight is 289 g/mol. The van der Waals surface area contributed by atoms with Crippen LogP contribution in [0.4, 0.5) is 10.1 Å². The first-order valence-electron chi connectivity index (χ1n) is 5.07. The number of anilines is 1. The fourth-order valence-corrected chi connectivity index (χ4v) is 1.70. The predicted octanol–water partition coefficient (Wildman–Crippen LogP) is -0.452. The zero-order chi connectivity index (χ0) is 14.6. The Balaban J connectivity index is 2.81. The molecule has 9 heteroatoms. The van der Waals surface area contributed by atoms with Gasteiger partial charge in [-0.05, 0) is 18.2 Å². The molecule has 0 atom stereocenters. The minimum Gasteiger partial charge on any atom is -0.347 e. The minimum atomic E-state index is -4.00. The van der Waals surface area contributed by atoms with E-state index in [0.717, 1.165) is 12.1 Å². The SMILES string of the molecule is CC(=O)NCC(=O)Nc1ccc(S(N)(=O)=O)cc1F. The van der Waals surface area contributed by atoms with Crippen LogP contribution in [-0.4, -0.2) is 26.8 Å². The summed E-state index contributed by atoms with van der Waals surface area (Å²) in [6.07, 6.45) is 0. The smallest absolute Gasteiger partial charge is 0.243 e. The number of hydrogen-bond acceptors (Lipinski definition) is 4. The lowest BCUT2D eigenvalue weighted by atomic mass is 10.3. The van der Waals surface area contributed by atoms with Gasteiger partial charge >= 0.3 is 0 Å². The number of carbonyl (C=O) groups is 2. The Morgan fingerprint density at radius 1 is 1.37 bits per heavy atom. The number of halogens is 1. The Hall–Kier alpha value is -2.00. The molecule has 7 nitrogen and oxygen atoms in total.